The van der Waals surface area contributed by atoms with E-state index in [1.807, 2.05) is 24.3 Å². The highest BCUT2D eigenvalue weighted by atomic mass is 14.5. The van der Waals surface area contributed by atoms with E-state index >= 15 is 0 Å². The van der Waals surface area contributed by atoms with Gasteiger partial charge in [-0.2, -0.15) is 0 Å². The molecule has 0 heterocycles. The van der Waals surface area contributed by atoms with Gasteiger partial charge < -0.3 is 11.5 Å². The normalized spacial score (nSPS) is 11.1. The predicted octanol–water partition coefficient (Wildman–Crippen LogP) is 9.90. The minimum atomic E-state index is 0.819. The van der Waals surface area contributed by atoms with E-state index in [9.17, 15) is 0 Å². The lowest BCUT2D eigenvalue weighted by Crippen LogP contribution is -2.01. The van der Waals surface area contributed by atoms with E-state index in [4.69, 9.17) is 11.5 Å². The summed E-state index contributed by atoms with van der Waals surface area (Å²) in [5, 5.41) is 0. The molecule has 5 aromatic carbocycles. The van der Waals surface area contributed by atoms with Crippen molar-refractivity contribution in [2.45, 2.75) is 78.1 Å². The third kappa shape index (κ3) is 8.86. The van der Waals surface area contributed by atoms with Gasteiger partial charge in [0, 0.05) is 11.4 Å². The first-order valence-electron chi connectivity index (χ1n) is 16.5. The van der Waals surface area contributed by atoms with Gasteiger partial charge in [-0.05, 0) is 131 Å². The van der Waals surface area contributed by atoms with Crippen molar-refractivity contribution < 1.29 is 0 Å². The van der Waals surface area contributed by atoms with Crippen LogP contribution in [0.15, 0.2) is 109 Å². The van der Waals surface area contributed by atoms with Crippen molar-refractivity contribution >= 4 is 11.4 Å². The smallest absolute Gasteiger partial charge is 0.0314 e. The van der Waals surface area contributed by atoms with Crippen molar-refractivity contribution in [3.8, 4) is 0 Å². The molecule has 0 saturated heterocycles. The molecule has 0 spiro atoms. The number of unbranched alkanes of at least 4 members (excludes halogenated alkanes) is 2. The number of nitrogen functional groups attached to an aromatic ring is 2. The monoisotopic (exact) mass is 580 g/mol. The van der Waals surface area contributed by atoms with E-state index in [1.165, 1.54) is 81.3 Å². The van der Waals surface area contributed by atoms with Crippen molar-refractivity contribution in [2.24, 2.45) is 0 Å². The summed E-state index contributed by atoms with van der Waals surface area (Å²) >= 11 is 0. The first-order chi connectivity index (χ1) is 21.5. The van der Waals surface area contributed by atoms with Crippen LogP contribution in [0, 0.1) is 0 Å². The van der Waals surface area contributed by atoms with E-state index in [1.54, 1.807) is 0 Å². The second kappa shape index (κ2) is 15.4. The Morgan fingerprint density at radius 1 is 0.364 bits per heavy atom. The Morgan fingerprint density at radius 3 is 1.05 bits per heavy atom. The first-order valence-corrected chi connectivity index (χ1v) is 16.5. The minimum absolute atomic E-state index is 0.819. The molecule has 0 amide bonds. The van der Waals surface area contributed by atoms with Gasteiger partial charge in [0.2, 0.25) is 0 Å². The van der Waals surface area contributed by atoms with E-state index in [-0.39, 0.29) is 0 Å². The molecule has 0 saturated carbocycles. The number of anilines is 2. The van der Waals surface area contributed by atoms with Gasteiger partial charge in [0.05, 0.1) is 0 Å². The summed E-state index contributed by atoms with van der Waals surface area (Å²) in [5.74, 6) is 0. The number of benzene rings is 5. The van der Waals surface area contributed by atoms with E-state index in [0.29, 0.717) is 0 Å². The maximum absolute atomic E-state index is 5.89. The van der Waals surface area contributed by atoms with Crippen LogP contribution in [0.3, 0.4) is 0 Å². The Labute approximate surface area is 265 Å². The van der Waals surface area contributed by atoms with Crippen molar-refractivity contribution in [2.75, 3.05) is 11.5 Å². The number of hydrogen-bond donors (Lipinski definition) is 2. The summed E-state index contributed by atoms with van der Waals surface area (Å²) in [6.07, 6.45) is 11.0. The number of hydrogen-bond acceptors (Lipinski definition) is 2. The maximum Gasteiger partial charge on any atom is 0.0314 e. The molecule has 0 fully saturated rings. The molecule has 2 nitrogen and oxygen atoms in total. The average molecular weight is 581 g/mol. The standard InChI is InChI=1S/C42H48N2/c1-3-5-7-37-29-35(25-31-15-21-41(43)22-16-31)13-19-39(37)27-33-9-11-34(12-10-33)28-40-20-14-36(30-38(40)8-6-4-2)26-32-17-23-42(44)24-18-32/h9-24,29-30H,3-8,25-28,43-44H2,1-2H3. The zero-order valence-electron chi connectivity index (χ0n) is 26.6. The third-order valence-corrected chi connectivity index (χ3v) is 8.73. The number of rotatable bonds is 14. The van der Waals surface area contributed by atoms with Crippen molar-refractivity contribution in [1.29, 1.82) is 0 Å². The maximum atomic E-state index is 5.89. The number of nitrogens with two attached hydrogens (primary N) is 2. The zero-order chi connectivity index (χ0) is 30.7. The van der Waals surface area contributed by atoms with Gasteiger partial charge in [0.25, 0.3) is 0 Å². The lowest BCUT2D eigenvalue weighted by atomic mass is 9.91. The van der Waals surface area contributed by atoms with Crippen LogP contribution in [0.4, 0.5) is 11.4 Å². The Morgan fingerprint density at radius 2 is 0.682 bits per heavy atom. The van der Waals surface area contributed by atoms with E-state index in [0.717, 1.165) is 49.9 Å². The average Bonchev–Trinajstić information content (AvgIpc) is 3.04. The molecule has 226 valence electrons. The van der Waals surface area contributed by atoms with Gasteiger partial charge in [-0.3, -0.25) is 0 Å². The van der Waals surface area contributed by atoms with Gasteiger partial charge in [-0.25, -0.2) is 0 Å². The van der Waals surface area contributed by atoms with Gasteiger partial charge in [0.15, 0.2) is 0 Å². The molecule has 0 bridgehead atoms. The van der Waals surface area contributed by atoms with Crippen LogP contribution >= 0.6 is 0 Å². The summed E-state index contributed by atoms with van der Waals surface area (Å²) in [5.41, 5.74) is 27.4. The topological polar surface area (TPSA) is 52.0 Å². The molecule has 5 aromatic rings. The molecule has 0 aromatic heterocycles. The fourth-order valence-electron chi connectivity index (χ4n) is 6.08. The van der Waals surface area contributed by atoms with Gasteiger partial charge in [-0.15, -0.1) is 0 Å². The predicted molar refractivity (Wildman–Crippen MR) is 189 cm³/mol. The summed E-state index contributed by atoms with van der Waals surface area (Å²) in [6, 6.07) is 40.1. The van der Waals surface area contributed by atoms with Crippen LogP contribution in [0.25, 0.3) is 0 Å². The molecule has 0 unspecified atom stereocenters. The van der Waals surface area contributed by atoms with Gasteiger partial charge in [-0.1, -0.05) is 112 Å². The molecule has 44 heavy (non-hydrogen) atoms. The van der Waals surface area contributed by atoms with Crippen LogP contribution in [-0.2, 0) is 38.5 Å². The summed E-state index contributed by atoms with van der Waals surface area (Å²) < 4.78 is 0. The van der Waals surface area contributed by atoms with Crippen molar-refractivity contribution in [1.82, 2.24) is 0 Å². The molecule has 0 atom stereocenters. The molecule has 0 radical (unpaired) electrons. The van der Waals surface area contributed by atoms with Crippen LogP contribution in [0.2, 0.25) is 0 Å². The zero-order valence-corrected chi connectivity index (χ0v) is 26.6. The molecular weight excluding hydrogens is 532 g/mol. The highest BCUT2D eigenvalue weighted by molar-refractivity contribution is 5.44. The summed E-state index contributed by atoms with van der Waals surface area (Å²) in [7, 11) is 0. The van der Waals surface area contributed by atoms with Crippen LogP contribution < -0.4 is 11.5 Å². The molecule has 0 aliphatic carbocycles. The van der Waals surface area contributed by atoms with Crippen molar-refractivity contribution in [3.63, 3.8) is 0 Å². The van der Waals surface area contributed by atoms with E-state index < -0.39 is 0 Å². The van der Waals surface area contributed by atoms with Crippen molar-refractivity contribution in [3.05, 3.63) is 165 Å². The Balaban J connectivity index is 1.28. The molecule has 2 heteroatoms. The van der Waals surface area contributed by atoms with Crippen LogP contribution in [-0.4, -0.2) is 0 Å². The van der Waals surface area contributed by atoms with E-state index in [2.05, 4.69) is 98.8 Å². The second-order valence-corrected chi connectivity index (χ2v) is 12.4. The second-order valence-electron chi connectivity index (χ2n) is 12.4. The number of aryl methyl sites for hydroxylation is 2. The summed E-state index contributed by atoms with van der Waals surface area (Å²) in [4.78, 5) is 0. The molecule has 5 rings (SSSR count). The van der Waals surface area contributed by atoms with Gasteiger partial charge in [0.1, 0.15) is 0 Å². The molecule has 0 aliphatic rings. The quantitative estimate of drug-likeness (QED) is 0.128. The first kappa shape index (κ1) is 31.1. The third-order valence-electron chi connectivity index (χ3n) is 8.73. The highest BCUT2D eigenvalue weighted by Gasteiger charge is 2.09. The minimum Gasteiger partial charge on any atom is -0.399 e. The Kier molecular flexibility index (Phi) is 10.9. The largest absolute Gasteiger partial charge is 0.399 e. The molecule has 0 aliphatic heterocycles. The molecule has 4 N–H and O–H groups in total. The highest BCUT2D eigenvalue weighted by Crippen LogP contribution is 2.24. The summed E-state index contributed by atoms with van der Waals surface area (Å²) in [6.45, 7) is 4.55. The fourth-order valence-corrected chi connectivity index (χ4v) is 6.08. The van der Waals surface area contributed by atoms with Crippen LogP contribution in [0.1, 0.15) is 95.2 Å². The Bertz CT molecular complexity index is 1490. The van der Waals surface area contributed by atoms with Crippen LogP contribution in [0.5, 0.6) is 0 Å². The lowest BCUT2D eigenvalue weighted by Gasteiger charge is -2.14. The fraction of sp³-hybridized carbons (Fsp3) is 0.286. The Hall–Kier alpha value is -4.30. The lowest BCUT2D eigenvalue weighted by molar-refractivity contribution is 0.787. The SMILES string of the molecule is CCCCc1cc(Cc2ccc(N)cc2)ccc1Cc1ccc(Cc2ccc(Cc3ccc(N)cc3)cc2CCCC)cc1. The molecular formula is C42H48N2. The van der Waals surface area contributed by atoms with Gasteiger partial charge >= 0.3 is 0 Å².